The van der Waals surface area contributed by atoms with Crippen molar-refractivity contribution in [2.75, 3.05) is 6.54 Å². The summed E-state index contributed by atoms with van der Waals surface area (Å²) in [6.45, 7) is 4.76. The zero-order valence-corrected chi connectivity index (χ0v) is 11.1. The van der Waals surface area contributed by atoms with Gasteiger partial charge in [-0.1, -0.05) is 25.5 Å². The highest BCUT2D eigenvalue weighted by atomic mass is 16.6. The van der Waals surface area contributed by atoms with Crippen LogP contribution in [-0.2, 0) is 6.54 Å². The van der Waals surface area contributed by atoms with Gasteiger partial charge in [0.15, 0.2) is 5.56 Å². The number of nitrogens with one attached hydrogen (secondary N) is 1. The van der Waals surface area contributed by atoms with Gasteiger partial charge in [0, 0.05) is 6.54 Å². The van der Waals surface area contributed by atoms with Crippen molar-refractivity contribution in [3.05, 3.63) is 34.0 Å². The van der Waals surface area contributed by atoms with Gasteiger partial charge in [-0.15, -0.1) is 0 Å². The fraction of sp³-hybridized carbons (Fsp3) is 0.500. The van der Waals surface area contributed by atoms with Gasteiger partial charge in [-0.3, -0.25) is 4.79 Å². The summed E-state index contributed by atoms with van der Waals surface area (Å²) in [4.78, 5) is 22.1. The number of amides is 1. The molecule has 7 heteroatoms. The first-order chi connectivity index (χ1) is 9.10. The van der Waals surface area contributed by atoms with Crippen LogP contribution in [0.5, 0.6) is 0 Å². The van der Waals surface area contributed by atoms with Crippen molar-refractivity contribution in [2.24, 2.45) is 0 Å². The van der Waals surface area contributed by atoms with Gasteiger partial charge >= 0.3 is 5.82 Å². The van der Waals surface area contributed by atoms with E-state index >= 15 is 0 Å². The Bertz CT molecular complexity index is 479. The second-order valence-electron chi connectivity index (χ2n) is 4.02. The predicted octanol–water partition coefficient (Wildman–Crippen LogP) is 1.90. The molecule has 0 radical (unpaired) electrons. The quantitative estimate of drug-likeness (QED) is 0.353. The van der Waals surface area contributed by atoms with E-state index in [1.54, 1.807) is 6.08 Å². The smallest absolute Gasteiger partial charge is 0.358 e. The van der Waals surface area contributed by atoms with E-state index in [9.17, 15) is 14.9 Å². The third kappa shape index (κ3) is 4.20. The summed E-state index contributed by atoms with van der Waals surface area (Å²) >= 11 is 0. The summed E-state index contributed by atoms with van der Waals surface area (Å²) in [7, 11) is 0. The Morgan fingerprint density at radius 2 is 2.37 bits per heavy atom. The van der Waals surface area contributed by atoms with Crippen LogP contribution in [0.4, 0.5) is 5.82 Å². The standard InChI is InChI=1S/C12H18N4O3/c1-3-5-7-13-12(17)10-9-15(8-6-4-2)14-11(10)16(18)19/h4,6,9H,3,5,7-8H2,1-2H3,(H,13,17). The largest absolute Gasteiger partial charge is 0.402 e. The van der Waals surface area contributed by atoms with Crippen molar-refractivity contribution in [1.29, 1.82) is 0 Å². The molecule has 1 aromatic rings. The molecular weight excluding hydrogens is 248 g/mol. The first kappa shape index (κ1) is 14.9. The molecule has 1 amide bonds. The molecule has 0 aliphatic heterocycles. The van der Waals surface area contributed by atoms with Crippen LogP contribution < -0.4 is 5.32 Å². The average Bonchev–Trinajstić information content (AvgIpc) is 2.81. The fourth-order valence-electron chi connectivity index (χ4n) is 1.49. The monoisotopic (exact) mass is 266 g/mol. The molecule has 0 spiro atoms. The Kier molecular flexibility index (Phi) is 5.72. The molecule has 1 heterocycles. The lowest BCUT2D eigenvalue weighted by Gasteiger charge is -2.01. The highest BCUT2D eigenvalue weighted by Gasteiger charge is 2.25. The maximum absolute atomic E-state index is 11.8. The van der Waals surface area contributed by atoms with Crippen LogP contribution in [0.2, 0.25) is 0 Å². The van der Waals surface area contributed by atoms with E-state index in [-0.39, 0.29) is 5.56 Å². The first-order valence-corrected chi connectivity index (χ1v) is 6.21. The second-order valence-corrected chi connectivity index (χ2v) is 4.02. The summed E-state index contributed by atoms with van der Waals surface area (Å²) in [5.41, 5.74) is 0.00519. The Morgan fingerprint density at radius 3 is 2.95 bits per heavy atom. The minimum absolute atomic E-state index is 0.00519. The Hall–Kier alpha value is -2.18. The molecular formula is C12H18N4O3. The fourth-order valence-corrected chi connectivity index (χ4v) is 1.49. The van der Waals surface area contributed by atoms with Gasteiger partial charge in [-0.2, -0.15) is 4.68 Å². The van der Waals surface area contributed by atoms with Crippen molar-refractivity contribution in [3.8, 4) is 0 Å². The molecule has 1 rings (SSSR count). The minimum Gasteiger partial charge on any atom is -0.358 e. The highest BCUT2D eigenvalue weighted by Crippen LogP contribution is 2.15. The van der Waals surface area contributed by atoms with Crippen LogP contribution in [0.1, 0.15) is 37.0 Å². The van der Waals surface area contributed by atoms with Crippen LogP contribution in [0.3, 0.4) is 0 Å². The normalized spacial score (nSPS) is 10.8. The van der Waals surface area contributed by atoms with E-state index < -0.39 is 16.6 Å². The predicted molar refractivity (Wildman–Crippen MR) is 70.9 cm³/mol. The molecule has 0 bridgehead atoms. The van der Waals surface area contributed by atoms with E-state index in [2.05, 4.69) is 10.4 Å². The number of nitrogens with zero attached hydrogens (tertiary/aromatic N) is 3. The number of carbonyl (C=O) groups excluding carboxylic acids is 1. The van der Waals surface area contributed by atoms with E-state index in [1.165, 1.54) is 10.9 Å². The molecule has 0 aliphatic rings. The van der Waals surface area contributed by atoms with Crippen LogP contribution in [0, 0.1) is 10.1 Å². The minimum atomic E-state index is -0.638. The van der Waals surface area contributed by atoms with Gasteiger partial charge in [0.05, 0.1) is 17.8 Å². The van der Waals surface area contributed by atoms with Crippen LogP contribution in [-0.4, -0.2) is 27.2 Å². The highest BCUT2D eigenvalue weighted by molar-refractivity contribution is 5.97. The molecule has 0 saturated carbocycles. The number of rotatable bonds is 7. The number of allylic oxidation sites excluding steroid dienone is 2. The molecule has 0 aromatic carbocycles. The molecule has 0 saturated heterocycles. The van der Waals surface area contributed by atoms with Gasteiger partial charge in [-0.05, 0) is 18.3 Å². The summed E-state index contributed by atoms with van der Waals surface area (Å²) in [6.07, 6.45) is 6.80. The number of hydrogen-bond acceptors (Lipinski definition) is 4. The van der Waals surface area contributed by atoms with E-state index in [1.807, 2.05) is 19.9 Å². The van der Waals surface area contributed by atoms with Crippen molar-refractivity contribution in [1.82, 2.24) is 15.1 Å². The number of nitro groups is 1. The number of aromatic nitrogens is 2. The Labute approximate surface area is 111 Å². The topological polar surface area (TPSA) is 90.1 Å². The maximum atomic E-state index is 11.8. The maximum Gasteiger partial charge on any atom is 0.402 e. The lowest BCUT2D eigenvalue weighted by molar-refractivity contribution is -0.390. The third-order valence-electron chi connectivity index (χ3n) is 2.50. The molecule has 0 aliphatic carbocycles. The summed E-state index contributed by atoms with van der Waals surface area (Å²) in [5.74, 6) is -0.856. The van der Waals surface area contributed by atoms with Crippen LogP contribution in [0.15, 0.2) is 18.3 Å². The molecule has 19 heavy (non-hydrogen) atoms. The lowest BCUT2D eigenvalue weighted by atomic mass is 10.3. The molecule has 0 unspecified atom stereocenters. The van der Waals surface area contributed by atoms with E-state index in [0.717, 1.165) is 12.8 Å². The van der Waals surface area contributed by atoms with E-state index in [4.69, 9.17) is 0 Å². The lowest BCUT2D eigenvalue weighted by Crippen LogP contribution is -2.24. The molecule has 0 atom stereocenters. The van der Waals surface area contributed by atoms with Crippen molar-refractivity contribution in [2.45, 2.75) is 33.2 Å². The SMILES string of the molecule is CC=CCn1cc(C(=O)NCCCC)c([N+](=O)[O-])n1. The number of unbranched alkanes of at least 4 members (excludes halogenated alkanes) is 1. The van der Waals surface area contributed by atoms with Gasteiger partial charge in [-0.25, -0.2) is 0 Å². The molecule has 7 nitrogen and oxygen atoms in total. The number of carbonyl (C=O) groups is 1. The third-order valence-corrected chi connectivity index (χ3v) is 2.50. The van der Waals surface area contributed by atoms with Crippen molar-refractivity contribution in [3.63, 3.8) is 0 Å². The summed E-state index contributed by atoms with van der Waals surface area (Å²) < 4.78 is 1.38. The summed E-state index contributed by atoms with van der Waals surface area (Å²) in [6, 6.07) is 0. The van der Waals surface area contributed by atoms with Gasteiger partial charge in [0.2, 0.25) is 0 Å². The number of hydrogen-bond donors (Lipinski definition) is 1. The van der Waals surface area contributed by atoms with E-state index in [0.29, 0.717) is 13.1 Å². The van der Waals surface area contributed by atoms with Crippen LogP contribution in [0.25, 0.3) is 0 Å². The molecule has 104 valence electrons. The van der Waals surface area contributed by atoms with Crippen molar-refractivity contribution >= 4 is 11.7 Å². The Balaban J connectivity index is 2.87. The molecule has 0 fully saturated rings. The first-order valence-electron chi connectivity index (χ1n) is 6.21. The summed E-state index contributed by atoms with van der Waals surface area (Å²) in [5, 5.41) is 17.3. The zero-order chi connectivity index (χ0) is 14.3. The second kappa shape index (κ2) is 7.30. The zero-order valence-electron chi connectivity index (χ0n) is 11.1. The molecule has 1 aromatic heterocycles. The van der Waals surface area contributed by atoms with Gasteiger partial charge in [0.1, 0.15) is 0 Å². The van der Waals surface area contributed by atoms with Gasteiger partial charge < -0.3 is 15.4 Å². The van der Waals surface area contributed by atoms with Crippen molar-refractivity contribution < 1.29 is 9.72 Å². The molecule has 1 N–H and O–H groups in total. The Morgan fingerprint density at radius 1 is 1.63 bits per heavy atom. The average molecular weight is 266 g/mol. The van der Waals surface area contributed by atoms with Gasteiger partial charge in [0.25, 0.3) is 5.91 Å². The van der Waals surface area contributed by atoms with Crippen LogP contribution >= 0.6 is 0 Å².